The highest BCUT2D eigenvalue weighted by Crippen LogP contribution is 2.18. The van der Waals surface area contributed by atoms with Crippen LogP contribution in [0.4, 0.5) is 0 Å². The maximum Gasteiger partial charge on any atom is 0.165 e. The molecular weight excluding hydrogens is 200 g/mol. The number of aromatic amines is 1. The Balaban J connectivity index is 1.77. The van der Waals surface area contributed by atoms with Gasteiger partial charge in [0.05, 0.1) is 12.4 Å². The summed E-state index contributed by atoms with van der Waals surface area (Å²) in [5.41, 5.74) is 0. The Morgan fingerprint density at radius 3 is 3.36 bits per heavy atom. The molecule has 1 aromatic heterocycles. The predicted octanol–water partition coefficient (Wildman–Crippen LogP) is 1.11. The number of hydrogen-bond acceptors (Lipinski definition) is 4. The molecule has 0 spiro atoms. The molecule has 0 amide bonds. The Kier molecular flexibility index (Phi) is 3.21. The second-order valence-electron chi connectivity index (χ2n) is 3.21. The van der Waals surface area contributed by atoms with Gasteiger partial charge in [-0.05, 0) is 6.42 Å². The molecule has 1 saturated heterocycles. The van der Waals surface area contributed by atoms with Crippen LogP contribution in [0.15, 0.2) is 17.6 Å². The molecule has 14 heavy (non-hydrogen) atoms. The first kappa shape index (κ1) is 9.73. The van der Waals surface area contributed by atoms with Crippen molar-refractivity contribution in [2.75, 3.05) is 19.0 Å². The summed E-state index contributed by atoms with van der Waals surface area (Å²) < 4.78 is 5.16. The van der Waals surface area contributed by atoms with E-state index >= 15 is 0 Å². The first-order valence-electron chi connectivity index (χ1n) is 4.59. The van der Waals surface area contributed by atoms with E-state index in [2.05, 4.69) is 9.97 Å². The lowest BCUT2D eigenvalue weighted by atomic mass is 10.1. The monoisotopic (exact) mass is 212 g/mol. The second kappa shape index (κ2) is 4.61. The van der Waals surface area contributed by atoms with Crippen LogP contribution in [-0.4, -0.2) is 34.7 Å². The van der Waals surface area contributed by atoms with E-state index in [1.165, 1.54) is 11.8 Å². The van der Waals surface area contributed by atoms with E-state index < -0.39 is 0 Å². The molecule has 0 radical (unpaired) electrons. The number of ketones is 1. The van der Waals surface area contributed by atoms with E-state index in [1.807, 2.05) is 0 Å². The van der Waals surface area contributed by atoms with Gasteiger partial charge >= 0.3 is 0 Å². The third kappa shape index (κ3) is 2.36. The van der Waals surface area contributed by atoms with E-state index in [1.54, 1.807) is 12.4 Å². The molecule has 0 aliphatic carbocycles. The van der Waals surface area contributed by atoms with Gasteiger partial charge in [-0.25, -0.2) is 4.98 Å². The number of carbonyl (C=O) groups excluding carboxylic acids is 1. The molecule has 1 N–H and O–H groups in total. The van der Waals surface area contributed by atoms with Crippen molar-refractivity contribution in [3.63, 3.8) is 0 Å². The highest BCUT2D eigenvalue weighted by atomic mass is 32.2. The van der Waals surface area contributed by atoms with Crippen LogP contribution in [-0.2, 0) is 9.53 Å². The van der Waals surface area contributed by atoms with Gasteiger partial charge in [0, 0.05) is 24.9 Å². The minimum Gasteiger partial charge on any atom is -0.381 e. The normalized spacial score (nSPS) is 21.3. The molecule has 76 valence electrons. The number of carbonyl (C=O) groups is 1. The van der Waals surface area contributed by atoms with Gasteiger partial charge in [-0.3, -0.25) is 4.79 Å². The number of Topliss-reactive ketones (excluding diaryl/α,β-unsaturated/α-hetero) is 1. The van der Waals surface area contributed by atoms with E-state index in [0.29, 0.717) is 12.4 Å². The SMILES string of the molecule is O=C(CSc1ncc[nH]1)C1CCOC1. The van der Waals surface area contributed by atoms with Gasteiger partial charge in [-0.15, -0.1) is 0 Å². The summed E-state index contributed by atoms with van der Waals surface area (Å²) in [5.74, 6) is 0.864. The Morgan fingerprint density at radius 1 is 1.79 bits per heavy atom. The summed E-state index contributed by atoms with van der Waals surface area (Å²) in [5, 5.41) is 0.803. The topological polar surface area (TPSA) is 55.0 Å². The Morgan fingerprint density at radius 2 is 2.71 bits per heavy atom. The van der Waals surface area contributed by atoms with E-state index in [4.69, 9.17) is 4.74 Å². The average Bonchev–Trinajstić information content (AvgIpc) is 2.87. The lowest BCUT2D eigenvalue weighted by Crippen LogP contribution is -2.16. The molecule has 2 heterocycles. The van der Waals surface area contributed by atoms with Crippen LogP contribution in [0.5, 0.6) is 0 Å². The van der Waals surface area contributed by atoms with Crippen molar-refractivity contribution in [3.05, 3.63) is 12.4 Å². The van der Waals surface area contributed by atoms with Gasteiger partial charge in [-0.1, -0.05) is 11.8 Å². The first-order chi connectivity index (χ1) is 6.86. The maximum absolute atomic E-state index is 11.6. The zero-order chi connectivity index (χ0) is 9.80. The lowest BCUT2D eigenvalue weighted by molar-refractivity contribution is -0.120. The summed E-state index contributed by atoms with van der Waals surface area (Å²) in [6, 6.07) is 0. The molecule has 1 aliphatic heterocycles. The van der Waals surface area contributed by atoms with Crippen molar-refractivity contribution in [1.29, 1.82) is 0 Å². The number of rotatable bonds is 4. The van der Waals surface area contributed by atoms with Gasteiger partial charge in [-0.2, -0.15) is 0 Å². The fourth-order valence-corrected chi connectivity index (χ4v) is 2.18. The Bertz CT molecular complexity index is 294. The van der Waals surface area contributed by atoms with E-state index in [9.17, 15) is 4.79 Å². The van der Waals surface area contributed by atoms with E-state index in [-0.39, 0.29) is 11.7 Å². The zero-order valence-corrected chi connectivity index (χ0v) is 8.55. The smallest absolute Gasteiger partial charge is 0.165 e. The number of nitrogens with one attached hydrogen (secondary N) is 1. The standard InChI is InChI=1S/C9H12N2O2S/c12-8(7-1-4-13-5-7)6-14-9-10-2-3-11-9/h2-3,7H,1,4-6H2,(H,10,11). The summed E-state index contributed by atoms with van der Waals surface area (Å²) >= 11 is 1.45. The van der Waals surface area contributed by atoms with Crippen molar-refractivity contribution >= 4 is 17.5 Å². The summed E-state index contributed by atoms with van der Waals surface area (Å²) in [7, 11) is 0. The molecule has 1 atom stereocenters. The minimum absolute atomic E-state index is 0.109. The van der Waals surface area contributed by atoms with Crippen LogP contribution >= 0.6 is 11.8 Å². The van der Waals surface area contributed by atoms with Gasteiger partial charge in [0.2, 0.25) is 0 Å². The lowest BCUT2D eigenvalue weighted by Gasteiger charge is -2.04. The molecule has 1 fully saturated rings. The van der Waals surface area contributed by atoms with Crippen molar-refractivity contribution in [3.8, 4) is 0 Å². The van der Waals surface area contributed by atoms with Crippen molar-refractivity contribution in [2.45, 2.75) is 11.6 Å². The third-order valence-electron chi connectivity index (χ3n) is 2.21. The van der Waals surface area contributed by atoms with Crippen molar-refractivity contribution < 1.29 is 9.53 Å². The van der Waals surface area contributed by atoms with Crippen LogP contribution in [0.1, 0.15) is 6.42 Å². The minimum atomic E-state index is 0.109. The van der Waals surface area contributed by atoms with Gasteiger partial charge < -0.3 is 9.72 Å². The van der Waals surface area contributed by atoms with Crippen LogP contribution in [0, 0.1) is 5.92 Å². The highest BCUT2D eigenvalue weighted by Gasteiger charge is 2.23. The zero-order valence-electron chi connectivity index (χ0n) is 7.73. The number of nitrogens with zero attached hydrogens (tertiary/aromatic N) is 1. The third-order valence-corrected chi connectivity index (χ3v) is 3.13. The number of H-pyrrole nitrogens is 1. The Labute approximate surface area is 86.4 Å². The highest BCUT2D eigenvalue weighted by molar-refractivity contribution is 7.99. The quantitative estimate of drug-likeness (QED) is 0.759. The van der Waals surface area contributed by atoms with Crippen LogP contribution in [0.2, 0.25) is 0 Å². The first-order valence-corrected chi connectivity index (χ1v) is 5.57. The maximum atomic E-state index is 11.6. The Hall–Kier alpha value is -0.810. The summed E-state index contributed by atoms with van der Waals surface area (Å²) in [4.78, 5) is 18.6. The van der Waals surface area contributed by atoms with Crippen LogP contribution < -0.4 is 0 Å². The van der Waals surface area contributed by atoms with Gasteiger partial charge in [0.15, 0.2) is 5.16 Å². The number of imidazole rings is 1. The number of ether oxygens (including phenoxy) is 1. The molecule has 2 rings (SSSR count). The van der Waals surface area contributed by atoms with Crippen LogP contribution in [0.25, 0.3) is 0 Å². The number of aromatic nitrogens is 2. The van der Waals surface area contributed by atoms with Gasteiger partial charge in [0.25, 0.3) is 0 Å². The predicted molar refractivity (Wildman–Crippen MR) is 53.2 cm³/mol. The summed E-state index contributed by atoms with van der Waals surface area (Å²) in [6.07, 6.45) is 4.31. The van der Waals surface area contributed by atoms with E-state index in [0.717, 1.165) is 18.2 Å². The fourth-order valence-electron chi connectivity index (χ4n) is 1.38. The molecule has 1 aliphatic rings. The molecule has 0 aromatic carbocycles. The van der Waals surface area contributed by atoms with Crippen molar-refractivity contribution in [1.82, 2.24) is 9.97 Å². The molecule has 0 saturated carbocycles. The number of hydrogen-bond donors (Lipinski definition) is 1. The fraction of sp³-hybridized carbons (Fsp3) is 0.556. The molecule has 1 unspecified atom stereocenters. The number of thioether (sulfide) groups is 1. The second-order valence-corrected chi connectivity index (χ2v) is 4.17. The average molecular weight is 212 g/mol. The molecular formula is C9H12N2O2S. The largest absolute Gasteiger partial charge is 0.381 e. The van der Waals surface area contributed by atoms with Crippen LogP contribution in [0.3, 0.4) is 0 Å². The van der Waals surface area contributed by atoms with Gasteiger partial charge in [0.1, 0.15) is 5.78 Å². The molecule has 5 heteroatoms. The molecule has 4 nitrogen and oxygen atoms in total. The summed E-state index contributed by atoms with van der Waals surface area (Å²) in [6.45, 7) is 1.32. The van der Waals surface area contributed by atoms with Crippen molar-refractivity contribution in [2.24, 2.45) is 5.92 Å². The molecule has 0 bridgehead atoms. The molecule has 1 aromatic rings.